The van der Waals surface area contributed by atoms with Crippen molar-refractivity contribution in [1.82, 2.24) is 10.3 Å². The summed E-state index contributed by atoms with van der Waals surface area (Å²) in [5.74, 6) is -0.273. The van der Waals surface area contributed by atoms with E-state index in [1.807, 2.05) is 12.1 Å². The predicted octanol–water partition coefficient (Wildman–Crippen LogP) is 2.61. The smallest absolute Gasteiger partial charge is 0.300 e. The van der Waals surface area contributed by atoms with Crippen molar-refractivity contribution in [2.75, 3.05) is 18.5 Å². The van der Waals surface area contributed by atoms with Crippen LogP contribution in [0.4, 0.5) is 11.7 Å². The zero-order chi connectivity index (χ0) is 22.7. The van der Waals surface area contributed by atoms with Crippen molar-refractivity contribution in [3.63, 3.8) is 0 Å². The fourth-order valence-electron chi connectivity index (χ4n) is 3.15. The Morgan fingerprint density at radius 3 is 2.41 bits per heavy atom. The number of carbonyl (C=O) groups is 1. The number of amides is 1. The highest BCUT2D eigenvalue weighted by Crippen LogP contribution is 2.32. The summed E-state index contributed by atoms with van der Waals surface area (Å²) >= 11 is 0. The Labute approximate surface area is 183 Å². The van der Waals surface area contributed by atoms with Gasteiger partial charge in [0.25, 0.3) is 11.9 Å². The number of primary sulfonamides is 1. The third kappa shape index (κ3) is 4.62. The summed E-state index contributed by atoms with van der Waals surface area (Å²) in [5.41, 5.74) is 3.81. The van der Waals surface area contributed by atoms with Crippen LogP contribution in [0.1, 0.15) is 10.4 Å². The Balaban J connectivity index is 1.58. The number of nitrogens with two attached hydrogens (primary N) is 1. The molecule has 3 aromatic carbocycles. The van der Waals surface area contributed by atoms with Crippen molar-refractivity contribution < 1.29 is 22.7 Å². The number of hydrogen-bond donors (Lipinski definition) is 4. The zero-order valence-electron chi connectivity index (χ0n) is 16.8. The van der Waals surface area contributed by atoms with Gasteiger partial charge in [-0.25, -0.2) is 13.6 Å². The number of hydrogen-bond acceptors (Lipinski definition) is 7. The van der Waals surface area contributed by atoms with E-state index in [0.29, 0.717) is 22.4 Å². The molecule has 0 aliphatic heterocycles. The lowest BCUT2D eigenvalue weighted by Crippen LogP contribution is -2.26. The number of oxazole rings is 1. The van der Waals surface area contributed by atoms with E-state index in [9.17, 15) is 13.2 Å². The molecular formula is C22H20N4O5S. The van der Waals surface area contributed by atoms with E-state index in [2.05, 4.69) is 15.6 Å². The molecule has 0 saturated heterocycles. The van der Waals surface area contributed by atoms with Crippen molar-refractivity contribution in [2.24, 2.45) is 5.14 Å². The first-order chi connectivity index (χ1) is 15.3. The maximum atomic E-state index is 11.9. The molecule has 164 valence electrons. The highest BCUT2D eigenvalue weighted by Gasteiger charge is 2.14. The van der Waals surface area contributed by atoms with Crippen LogP contribution < -0.4 is 15.8 Å². The Morgan fingerprint density at radius 2 is 1.75 bits per heavy atom. The van der Waals surface area contributed by atoms with Crippen molar-refractivity contribution in [3.05, 3.63) is 72.3 Å². The summed E-state index contributed by atoms with van der Waals surface area (Å²) in [7, 11) is -3.77. The molecule has 0 saturated carbocycles. The molecule has 5 N–H and O–H groups in total. The number of aliphatic hydroxyl groups excluding tert-OH is 1. The highest BCUT2D eigenvalue weighted by molar-refractivity contribution is 7.89. The number of benzene rings is 3. The standard InChI is InChI=1S/C22H20N4O5S/c23-32(29,30)17-10-6-14(7-11-17)18-2-1-3-19-20(18)31-22(26-19)25-16-8-4-15(5-9-16)21(28)24-12-13-27/h1-11,27H,12-13H2,(H,24,28)(H,25,26)(H2,23,29,30). The number of para-hydroxylation sites is 1. The number of sulfonamides is 1. The normalized spacial score (nSPS) is 11.4. The number of aromatic nitrogens is 1. The van der Waals surface area contributed by atoms with Gasteiger partial charge in [0.05, 0.1) is 11.5 Å². The van der Waals surface area contributed by atoms with Gasteiger partial charge in [-0.2, -0.15) is 4.98 Å². The third-order valence-electron chi connectivity index (χ3n) is 4.70. The second-order valence-electron chi connectivity index (χ2n) is 6.92. The van der Waals surface area contributed by atoms with Crippen molar-refractivity contribution in [2.45, 2.75) is 4.90 Å². The van der Waals surface area contributed by atoms with E-state index in [0.717, 1.165) is 11.1 Å². The third-order valence-corrected chi connectivity index (χ3v) is 5.63. The number of anilines is 2. The van der Waals surface area contributed by atoms with E-state index < -0.39 is 10.0 Å². The Bertz CT molecular complexity index is 1360. The van der Waals surface area contributed by atoms with Crippen molar-refractivity contribution in [1.29, 1.82) is 0 Å². The maximum Gasteiger partial charge on any atom is 0.300 e. The van der Waals surface area contributed by atoms with Gasteiger partial charge in [0.1, 0.15) is 5.52 Å². The molecule has 0 radical (unpaired) electrons. The Hall–Kier alpha value is -3.73. The molecule has 0 spiro atoms. The van der Waals surface area contributed by atoms with E-state index in [1.54, 1.807) is 42.5 Å². The van der Waals surface area contributed by atoms with Crippen LogP contribution in [-0.2, 0) is 10.0 Å². The monoisotopic (exact) mass is 452 g/mol. The van der Waals surface area contributed by atoms with Crippen LogP contribution in [0, 0.1) is 0 Å². The molecule has 0 atom stereocenters. The molecule has 0 bridgehead atoms. The molecule has 10 heteroatoms. The summed E-state index contributed by atoms with van der Waals surface area (Å²) < 4.78 is 28.9. The van der Waals surface area contributed by atoms with E-state index in [-0.39, 0.29) is 30.0 Å². The topological polar surface area (TPSA) is 148 Å². The van der Waals surface area contributed by atoms with E-state index in [1.165, 1.54) is 12.1 Å². The average molecular weight is 452 g/mol. The molecule has 0 aliphatic carbocycles. The van der Waals surface area contributed by atoms with Gasteiger partial charge in [0.2, 0.25) is 10.0 Å². The van der Waals surface area contributed by atoms with Gasteiger partial charge in [-0.05, 0) is 48.0 Å². The average Bonchev–Trinajstić information content (AvgIpc) is 3.20. The van der Waals surface area contributed by atoms with Gasteiger partial charge < -0.3 is 20.2 Å². The minimum atomic E-state index is -3.77. The first kappa shape index (κ1) is 21.5. The van der Waals surface area contributed by atoms with E-state index in [4.69, 9.17) is 14.7 Å². The molecule has 0 fully saturated rings. The quantitative estimate of drug-likeness (QED) is 0.337. The number of fused-ring (bicyclic) bond motifs is 1. The van der Waals surface area contributed by atoms with Gasteiger partial charge >= 0.3 is 0 Å². The Morgan fingerprint density at radius 1 is 1.03 bits per heavy atom. The van der Waals surface area contributed by atoms with Gasteiger partial charge in [0, 0.05) is 23.4 Å². The van der Waals surface area contributed by atoms with Gasteiger partial charge in [-0.3, -0.25) is 4.79 Å². The fourth-order valence-corrected chi connectivity index (χ4v) is 3.67. The summed E-state index contributed by atoms with van der Waals surface area (Å²) in [6.07, 6.45) is 0. The molecule has 0 aliphatic rings. The summed E-state index contributed by atoms with van der Waals surface area (Å²) in [4.78, 5) is 16.4. The zero-order valence-corrected chi connectivity index (χ0v) is 17.6. The summed E-state index contributed by atoms with van der Waals surface area (Å²) in [6.45, 7) is 0.0657. The largest absolute Gasteiger partial charge is 0.423 e. The SMILES string of the molecule is NS(=O)(=O)c1ccc(-c2cccc3nc(Nc4ccc(C(=O)NCCO)cc4)oc23)cc1. The lowest BCUT2D eigenvalue weighted by atomic mass is 10.1. The molecule has 1 amide bonds. The highest BCUT2D eigenvalue weighted by atomic mass is 32.2. The minimum Gasteiger partial charge on any atom is -0.423 e. The van der Waals surface area contributed by atoms with Crippen molar-refractivity contribution in [3.8, 4) is 11.1 Å². The van der Waals surface area contributed by atoms with Crippen LogP contribution >= 0.6 is 0 Å². The van der Waals surface area contributed by atoms with Crippen LogP contribution in [0.15, 0.2) is 76.0 Å². The molecule has 4 aromatic rings. The van der Waals surface area contributed by atoms with Crippen LogP contribution in [-0.4, -0.2) is 37.6 Å². The van der Waals surface area contributed by atoms with Crippen LogP contribution in [0.25, 0.3) is 22.2 Å². The van der Waals surface area contributed by atoms with E-state index >= 15 is 0 Å². The van der Waals surface area contributed by atoms with Crippen LogP contribution in [0.3, 0.4) is 0 Å². The van der Waals surface area contributed by atoms with Gasteiger partial charge in [-0.15, -0.1) is 0 Å². The second-order valence-corrected chi connectivity index (χ2v) is 8.49. The lowest BCUT2D eigenvalue weighted by molar-refractivity contribution is 0.0945. The minimum absolute atomic E-state index is 0.0295. The van der Waals surface area contributed by atoms with Crippen LogP contribution in [0.5, 0.6) is 0 Å². The van der Waals surface area contributed by atoms with Gasteiger partial charge in [0.15, 0.2) is 5.58 Å². The predicted molar refractivity (Wildman–Crippen MR) is 120 cm³/mol. The number of aliphatic hydroxyl groups is 1. The summed E-state index contributed by atoms with van der Waals surface area (Å²) in [6, 6.07) is 18.7. The fraction of sp³-hybridized carbons (Fsp3) is 0.0909. The molecule has 1 aromatic heterocycles. The molecule has 0 unspecified atom stereocenters. The number of nitrogens with zero attached hydrogens (tertiary/aromatic N) is 1. The molecule has 4 rings (SSSR count). The first-order valence-corrected chi connectivity index (χ1v) is 11.2. The number of carbonyl (C=O) groups excluding carboxylic acids is 1. The lowest BCUT2D eigenvalue weighted by Gasteiger charge is -2.05. The number of nitrogens with one attached hydrogen (secondary N) is 2. The first-order valence-electron chi connectivity index (χ1n) is 9.64. The number of rotatable bonds is 7. The summed E-state index contributed by atoms with van der Waals surface area (Å²) in [5, 5.41) is 19.6. The molecule has 1 heterocycles. The molecular weight excluding hydrogens is 432 g/mol. The second kappa shape index (κ2) is 8.79. The molecule has 32 heavy (non-hydrogen) atoms. The van der Waals surface area contributed by atoms with Crippen LogP contribution in [0.2, 0.25) is 0 Å². The maximum absolute atomic E-state index is 11.9. The van der Waals surface area contributed by atoms with Crippen molar-refractivity contribution >= 4 is 38.7 Å². The van der Waals surface area contributed by atoms with Gasteiger partial charge in [-0.1, -0.05) is 24.3 Å². The Kier molecular flexibility index (Phi) is 5.91. The molecule has 9 nitrogen and oxygen atoms in total.